The zero-order chi connectivity index (χ0) is 17.4. The van der Waals surface area contributed by atoms with Gasteiger partial charge >= 0.3 is 0 Å². The van der Waals surface area contributed by atoms with Gasteiger partial charge in [0.05, 0.1) is 0 Å². The molecule has 0 aliphatic carbocycles. The Labute approximate surface area is 141 Å². The molecule has 0 spiro atoms. The lowest BCUT2D eigenvalue weighted by molar-refractivity contribution is -0.135. The fourth-order valence-electron chi connectivity index (χ4n) is 2.32. The van der Waals surface area contributed by atoms with Gasteiger partial charge in [-0.2, -0.15) is 0 Å². The van der Waals surface area contributed by atoms with Gasteiger partial charge in [0.25, 0.3) is 0 Å². The number of hydrogen-bond donors (Lipinski definition) is 1. The minimum Gasteiger partial charge on any atom is -0.355 e. The second-order valence-corrected chi connectivity index (χ2v) is 5.60. The number of benzene rings is 2. The summed E-state index contributed by atoms with van der Waals surface area (Å²) >= 11 is 0. The van der Waals surface area contributed by atoms with Crippen LogP contribution in [0.3, 0.4) is 0 Å². The first kappa shape index (κ1) is 17.7. The molecule has 24 heavy (non-hydrogen) atoms. The Morgan fingerprint density at radius 2 is 1.71 bits per heavy atom. The van der Waals surface area contributed by atoms with Gasteiger partial charge < -0.3 is 10.2 Å². The number of carbonyl (C=O) groups is 2. The zero-order valence-electron chi connectivity index (χ0n) is 13.7. The highest BCUT2D eigenvalue weighted by Crippen LogP contribution is 2.06. The Morgan fingerprint density at radius 1 is 1.04 bits per heavy atom. The summed E-state index contributed by atoms with van der Waals surface area (Å²) in [6.07, 6.45) is 0.188. The summed E-state index contributed by atoms with van der Waals surface area (Å²) in [6, 6.07) is 16.0. The van der Waals surface area contributed by atoms with Gasteiger partial charge in [-0.15, -0.1) is 0 Å². The van der Waals surface area contributed by atoms with E-state index in [0.29, 0.717) is 25.1 Å². The van der Waals surface area contributed by atoms with E-state index in [4.69, 9.17) is 0 Å². The van der Waals surface area contributed by atoms with Gasteiger partial charge in [0.2, 0.25) is 11.8 Å². The molecule has 0 unspecified atom stereocenters. The van der Waals surface area contributed by atoms with Crippen LogP contribution in [0.25, 0.3) is 0 Å². The van der Waals surface area contributed by atoms with Crippen molar-refractivity contribution in [2.24, 2.45) is 0 Å². The lowest BCUT2D eigenvalue weighted by Crippen LogP contribution is -2.33. The second kappa shape index (κ2) is 8.82. The van der Waals surface area contributed by atoms with E-state index in [2.05, 4.69) is 5.32 Å². The molecule has 126 valence electrons. The van der Waals surface area contributed by atoms with Crippen LogP contribution in [0.2, 0.25) is 0 Å². The van der Waals surface area contributed by atoms with Gasteiger partial charge in [0.15, 0.2) is 0 Å². The third-order valence-corrected chi connectivity index (χ3v) is 3.67. The van der Waals surface area contributed by atoms with Gasteiger partial charge in [0, 0.05) is 20.1 Å². The van der Waals surface area contributed by atoms with Crippen molar-refractivity contribution in [3.8, 4) is 0 Å². The molecule has 0 radical (unpaired) electrons. The molecule has 0 aromatic heterocycles. The van der Waals surface area contributed by atoms with Gasteiger partial charge in [0.1, 0.15) is 12.2 Å². The van der Waals surface area contributed by atoms with Crippen molar-refractivity contribution in [1.82, 2.24) is 10.2 Å². The van der Waals surface area contributed by atoms with Crippen molar-refractivity contribution >= 4 is 11.8 Å². The van der Waals surface area contributed by atoms with Crippen molar-refractivity contribution in [3.63, 3.8) is 0 Å². The molecule has 4 nitrogen and oxygen atoms in total. The van der Waals surface area contributed by atoms with Crippen LogP contribution in [0.1, 0.15) is 17.5 Å². The van der Waals surface area contributed by atoms with Crippen LogP contribution in [-0.4, -0.2) is 30.3 Å². The second-order valence-electron chi connectivity index (χ2n) is 5.60. The first-order valence-electron chi connectivity index (χ1n) is 7.84. The summed E-state index contributed by atoms with van der Waals surface area (Å²) in [7, 11) is 1.67. The van der Waals surface area contributed by atoms with E-state index in [9.17, 15) is 14.0 Å². The monoisotopic (exact) mass is 328 g/mol. The maximum atomic E-state index is 13.5. The molecule has 2 amide bonds. The van der Waals surface area contributed by atoms with E-state index in [1.807, 2.05) is 30.3 Å². The summed E-state index contributed by atoms with van der Waals surface area (Å²) in [5.41, 5.74) is 1.55. The minimum atomic E-state index is -0.351. The average Bonchev–Trinajstić information content (AvgIpc) is 2.57. The number of nitrogens with zero attached hydrogens (tertiary/aromatic N) is 1. The lowest BCUT2D eigenvalue weighted by atomic mass is 10.1. The SMILES string of the molecule is CN(Cc1ccccc1)C(=O)CC(=O)NCCc1ccccc1F. The van der Waals surface area contributed by atoms with E-state index in [1.54, 1.807) is 25.2 Å². The van der Waals surface area contributed by atoms with Gasteiger partial charge in [-0.25, -0.2) is 4.39 Å². The molecule has 5 heteroatoms. The molecule has 2 aromatic carbocycles. The largest absolute Gasteiger partial charge is 0.355 e. The van der Waals surface area contributed by atoms with E-state index in [-0.39, 0.29) is 24.1 Å². The van der Waals surface area contributed by atoms with Crippen molar-refractivity contribution in [2.45, 2.75) is 19.4 Å². The molecule has 0 heterocycles. The molecule has 0 bridgehead atoms. The first-order chi connectivity index (χ1) is 11.6. The summed E-state index contributed by atoms with van der Waals surface area (Å²) in [4.78, 5) is 25.4. The zero-order valence-corrected chi connectivity index (χ0v) is 13.7. The van der Waals surface area contributed by atoms with Crippen LogP contribution in [0.4, 0.5) is 4.39 Å². The van der Waals surface area contributed by atoms with Crippen LogP contribution in [0.15, 0.2) is 54.6 Å². The number of nitrogens with one attached hydrogen (secondary N) is 1. The summed E-state index contributed by atoms with van der Waals surface area (Å²) in [5, 5.41) is 2.65. The van der Waals surface area contributed by atoms with Gasteiger partial charge in [-0.05, 0) is 23.6 Å². The molecule has 2 aromatic rings. The Bertz CT molecular complexity index is 689. The number of carbonyl (C=O) groups excluding carboxylic acids is 2. The van der Waals surface area contributed by atoms with Gasteiger partial charge in [-0.3, -0.25) is 9.59 Å². The van der Waals surface area contributed by atoms with Crippen molar-refractivity contribution in [1.29, 1.82) is 0 Å². The maximum Gasteiger partial charge on any atom is 0.232 e. The van der Waals surface area contributed by atoms with Crippen molar-refractivity contribution < 1.29 is 14.0 Å². The van der Waals surface area contributed by atoms with Crippen LogP contribution in [-0.2, 0) is 22.6 Å². The molecule has 0 atom stereocenters. The summed E-state index contributed by atoms with van der Waals surface area (Å²) in [5.74, 6) is -0.885. The van der Waals surface area contributed by atoms with Gasteiger partial charge in [-0.1, -0.05) is 48.5 Å². The highest BCUT2D eigenvalue weighted by molar-refractivity contribution is 5.96. The topological polar surface area (TPSA) is 49.4 Å². The number of halogens is 1. The maximum absolute atomic E-state index is 13.5. The molecule has 0 saturated heterocycles. The molecule has 2 rings (SSSR count). The van der Waals surface area contributed by atoms with E-state index >= 15 is 0 Å². The number of rotatable bonds is 7. The van der Waals surface area contributed by atoms with Crippen molar-refractivity contribution in [3.05, 3.63) is 71.5 Å². The summed E-state index contributed by atoms with van der Waals surface area (Å²) < 4.78 is 13.5. The van der Waals surface area contributed by atoms with Crippen molar-refractivity contribution in [2.75, 3.05) is 13.6 Å². The van der Waals surface area contributed by atoms with Crippen LogP contribution < -0.4 is 5.32 Å². The minimum absolute atomic E-state index is 0.208. The highest BCUT2D eigenvalue weighted by Gasteiger charge is 2.14. The number of hydrogen-bond acceptors (Lipinski definition) is 2. The average molecular weight is 328 g/mol. The highest BCUT2D eigenvalue weighted by atomic mass is 19.1. The number of amides is 2. The lowest BCUT2D eigenvalue weighted by Gasteiger charge is -2.17. The fourth-order valence-corrected chi connectivity index (χ4v) is 2.32. The molecular weight excluding hydrogens is 307 g/mol. The molecular formula is C19H21FN2O2. The summed E-state index contributed by atoms with van der Waals surface area (Å²) in [6.45, 7) is 0.762. The predicted molar refractivity (Wildman–Crippen MR) is 90.6 cm³/mol. The fraction of sp³-hybridized carbons (Fsp3) is 0.263. The van der Waals surface area contributed by atoms with Crippen LogP contribution in [0.5, 0.6) is 0 Å². The smallest absolute Gasteiger partial charge is 0.232 e. The Balaban J connectivity index is 1.73. The Kier molecular flexibility index (Phi) is 6.49. The van der Waals surface area contributed by atoms with Crippen LogP contribution >= 0.6 is 0 Å². The quantitative estimate of drug-likeness (QED) is 0.794. The first-order valence-corrected chi connectivity index (χ1v) is 7.84. The Morgan fingerprint density at radius 3 is 2.42 bits per heavy atom. The van der Waals surface area contributed by atoms with E-state index in [1.165, 1.54) is 11.0 Å². The molecule has 0 fully saturated rings. The molecule has 0 aliphatic rings. The molecule has 1 N–H and O–H groups in total. The molecule has 0 aliphatic heterocycles. The van der Waals surface area contributed by atoms with E-state index < -0.39 is 0 Å². The standard InChI is InChI=1S/C19H21FN2O2/c1-22(14-15-7-3-2-4-8-15)19(24)13-18(23)21-12-11-16-9-5-6-10-17(16)20/h2-10H,11-14H2,1H3,(H,21,23). The molecule has 0 saturated carbocycles. The predicted octanol–water partition coefficient (Wildman–Crippen LogP) is 2.53. The van der Waals surface area contributed by atoms with E-state index in [0.717, 1.165) is 5.56 Å². The third kappa shape index (κ3) is 5.50. The van der Waals surface area contributed by atoms with Crippen LogP contribution in [0, 0.1) is 5.82 Å². The Hall–Kier alpha value is -2.69. The normalized spacial score (nSPS) is 10.2. The third-order valence-electron chi connectivity index (χ3n) is 3.67.